The molecule has 0 saturated heterocycles. The van der Waals surface area contributed by atoms with Gasteiger partial charge >= 0.3 is 0 Å². The van der Waals surface area contributed by atoms with Crippen LogP contribution in [0.3, 0.4) is 0 Å². The molecule has 23 heavy (non-hydrogen) atoms. The van der Waals surface area contributed by atoms with Gasteiger partial charge in [-0.1, -0.05) is 30.3 Å². The maximum absolute atomic E-state index is 10.8. The van der Waals surface area contributed by atoms with E-state index in [2.05, 4.69) is 10.3 Å². The monoisotopic (exact) mass is 313 g/mol. The molecule has 1 saturated carbocycles. The highest BCUT2D eigenvalue weighted by atomic mass is 16.6. The van der Waals surface area contributed by atoms with E-state index in [1.165, 1.54) is 12.3 Å². The molecule has 6 heteroatoms. The molecule has 1 aliphatic carbocycles. The van der Waals surface area contributed by atoms with Crippen LogP contribution in [0.1, 0.15) is 31.2 Å². The summed E-state index contributed by atoms with van der Waals surface area (Å²) in [5.41, 5.74) is 0.187. The molecule has 2 N–H and O–H groups in total. The van der Waals surface area contributed by atoms with Crippen LogP contribution in [0.5, 0.6) is 0 Å². The Balaban J connectivity index is 1.60. The minimum atomic E-state index is -0.762. The largest absolute Gasteiger partial charge is 0.385 e. The van der Waals surface area contributed by atoms with Gasteiger partial charge in [0.05, 0.1) is 10.5 Å². The van der Waals surface area contributed by atoms with Crippen LogP contribution in [0, 0.1) is 10.1 Å². The van der Waals surface area contributed by atoms with Gasteiger partial charge in [0, 0.05) is 12.1 Å². The van der Waals surface area contributed by atoms with Crippen molar-refractivity contribution >= 4 is 11.5 Å². The summed E-state index contributed by atoms with van der Waals surface area (Å²) in [5, 5.41) is 24.7. The van der Waals surface area contributed by atoms with Crippen molar-refractivity contribution in [1.82, 2.24) is 4.98 Å². The van der Waals surface area contributed by atoms with Gasteiger partial charge in [-0.15, -0.1) is 0 Å². The number of nitrogens with one attached hydrogen (secondary N) is 1. The molecule has 0 radical (unpaired) electrons. The average Bonchev–Trinajstić information content (AvgIpc) is 2.58. The number of aromatic nitrogens is 1. The molecule has 120 valence electrons. The lowest BCUT2D eigenvalue weighted by atomic mass is 9.78. The SMILES string of the molecule is O=[N+]([O-])c1ccc(NC2CCC(O)(c3ccccc3)CC2)nc1. The molecule has 0 amide bonds. The summed E-state index contributed by atoms with van der Waals surface area (Å²) in [7, 11) is 0. The van der Waals surface area contributed by atoms with Crippen LogP contribution in [0.2, 0.25) is 0 Å². The fourth-order valence-corrected chi connectivity index (χ4v) is 3.07. The standard InChI is InChI=1S/C17H19N3O3/c21-17(13-4-2-1-3-5-13)10-8-14(9-11-17)19-16-7-6-15(12-18-16)20(22)23/h1-7,12,14,21H,8-11H2,(H,18,19). The summed E-state index contributed by atoms with van der Waals surface area (Å²) in [5.74, 6) is 0.630. The summed E-state index contributed by atoms with van der Waals surface area (Å²) in [4.78, 5) is 14.2. The first kappa shape index (κ1) is 15.4. The fraction of sp³-hybridized carbons (Fsp3) is 0.353. The molecule has 1 fully saturated rings. The third-order valence-electron chi connectivity index (χ3n) is 4.43. The molecule has 0 spiro atoms. The third-order valence-corrected chi connectivity index (χ3v) is 4.43. The number of aliphatic hydroxyl groups is 1. The van der Waals surface area contributed by atoms with Gasteiger partial charge in [-0.25, -0.2) is 4.98 Å². The number of pyridine rings is 1. The summed E-state index contributed by atoms with van der Waals surface area (Å²) in [6.07, 6.45) is 4.27. The summed E-state index contributed by atoms with van der Waals surface area (Å²) >= 11 is 0. The first-order valence-corrected chi connectivity index (χ1v) is 7.72. The van der Waals surface area contributed by atoms with Gasteiger partial charge in [-0.05, 0) is 37.3 Å². The number of hydrogen-bond acceptors (Lipinski definition) is 5. The van der Waals surface area contributed by atoms with Gasteiger partial charge in [-0.2, -0.15) is 0 Å². The number of hydrogen-bond donors (Lipinski definition) is 2. The van der Waals surface area contributed by atoms with Gasteiger partial charge in [0.15, 0.2) is 0 Å². The van der Waals surface area contributed by atoms with E-state index in [-0.39, 0.29) is 11.7 Å². The van der Waals surface area contributed by atoms with Crippen molar-refractivity contribution in [2.24, 2.45) is 0 Å². The van der Waals surface area contributed by atoms with Gasteiger partial charge in [-0.3, -0.25) is 10.1 Å². The topological polar surface area (TPSA) is 88.3 Å². The van der Waals surface area contributed by atoms with Crippen LogP contribution >= 0.6 is 0 Å². The number of benzene rings is 1. The van der Waals surface area contributed by atoms with Crippen molar-refractivity contribution in [3.05, 3.63) is 64.3 Å². The zero-order valence-electron chi connectivity index (χ0n) is 12.7. The first-order chi connectivity index (χ1) is 11.1. The van der Waals surface area contributed by atoms with E-state index in [4.69, 9.17) is 0 Å². The lowest BCUT2D eigenvalue weighted by Crippen LogP contribution is -2.36. The smallest absolute Gasteiger partial charge is 0.287 e. The van der Waals surface area contributed by atoms with Gasteiger partial charge in [0.25, 0.3) is 5.69 Å². The van der Waals surface area contributed by atoms with Crippen molar-refractivity contribution < 1.29 is 10.0 Å². The van der Waals surface area contributed by atoms with Crippen LogP contribution in [0.4, 0.5) is 11.5 Å². The second kappa shape index (κ2) is 6.34. The molecule has 0 atom stereocenters. The molecule has 0 aliphatic heterocycles. The quantitative estimate of drug-likeness (QED) is 0.668. The molecule has 1 aromatic heterocycles. The third kappa shape index (κ3) is 3.48. The Hall–Kier alpha value is -2.47. The Morgan fingerprint density at radius 1 is 1.17 bits per heavy atom. The second-order valence-corrected chi connectivity index (χ2v) is 5.97. The summed E-state index contributed by atoms with van der Waals surface area (Å²) in [6, 6.07) is 13.0. The van der Waals surface area contributed by atoms with Crippen LogP contribution < -0.4 is 5.32 Å². The van der Waals surface area contributed by atoms with E-state index in [9.17, 15) is 15.2 Å². The molecular weight excluding hydrogens is 294 g/mol. The average molecular weight is 313 g/mol. The molecule has 2 aromatic rings. The van der Waals surface area contributed by atoms with Crippen molar-refractivity contribution in [3.8, 4) is 0 Å². The number of anilines is 1. The van der Waals surface area contributed by atoms with E-state index in [1.54, 1.807) is 6.07 Å². The maximum Gasteiger partial charge on any atom is 0.287 e. The van der Waals surface area contributed by atoms with Gasteiger partial charge in [0.2, 0.25) is 0 Å². The minimum Gasteiger partial charge on any atom is -0.385 e. The van der Waals surface area contributed by atoms with Crippen LogP contribution in [0.15, 0.2) is 48.7 Å². The van der Waals surface area contributed by atoms with E-state index in [0.717, 1.165) is 18.4 Å². The van der Waals surface area contributed by atoms with E-state index in [1.807, 2.05) is 30.3 Å². The highest BCUT2D eigenvalue weighted by Gasteiger charge is 2.34. The molecular formula is C17H19N3O3. The minimum absolute atomic E-state index is 0.0161. The Bertz CT molecular complexity index is 665. The van der Waals surface area contributed by atoms with Crippen molar-refractivity contribution in [1.29, 1.82) is 0 Å². The maximum atomic E-state index is 10.8. The predicted molar refractivity (Wildman–Crippen MR) is 87.1 cm³/mol. The molecule has 0 bridgehead atoms. The second-order valence-electron chi connectivity index (χ2n) is 5.97. The normalized spacial score (nSPS) is 24.1. The Morgan fingerprint density at radius 2 is 1.87 bits per heavy atom. The predicted octanol–water partition coefficient (Wildman–Crippen LogP) is 3.23. The van der Waals surface area contributed by atoms with Gasteiger partial charge < -0.3 is 10.4 Å². The Morgan fingerprint density at radius 3 is 2.43 bits per heavy atom. The molecule has 1 aromatic carbocycles. The van der Waals surface area contributed by atoms with Crippen LogP contribution in [0.25, 0.3) is 0 Å². The zero-order valence-corrected chi connectivity index (χ0v) is 12.7. The molecule has 0 unspecified atom stereocenters. The van der Waals surface area contributed by atoms with Crippen molar-refractivity contribution in [3.63, 3.8) is 0 Å². The van der Waals surface area contributed by atoms with Crippen LogP contribution in [-0.4, -0.2) is 21.1 Å². The Labute approximate surface area is 134 Å². The first-order valence-electron chi connectivity index (χ1n) is 7.72. The van der Waals surface area contributed by atoms with Crippen LogP contribution in [-0.2, 0) is 5.60 Å². The summed E-state index contributed by atoms with van der Waals surface area (Å²) in [6.45, 7) is 0. The van der Waals surface area contributed by atoms with E-state index < -0.39 is 10.5 Å². The molecule has 1 aliphatic rings. The zero-order chi connectivity index (χ0) is 16.3. The number of nitro groups is 1. The van der Waals surface area contributed by atoms with Crippen molar-refractivity contribution in [2.45, 2.75) is 37.3 Å². The highest BCUT2D eigenvalue weighted by Crippen LogP contribution is 2.37. The Kier molecular flexibility index (Phi) is 4.25. The van der Waals surface area contributed by atoms with Gasteiger partial charge in [0.1, 0.15) is 12.0 Å². The molecule has 3 rings (SSSR count). The lowest BCUT2D eigenvalue weighted by Gasteiger charge is -2.36. The lowest BCUT2D eigenvalue weighted by molar-refractivity contribution is -0.385. The highest BCUT2D eigenvalue weighted by molar-refractivity contribution is 5.41. The van der Waals surface area contributed by atoms with Crippen molar-refractivity contribution in [2.75, 3.05) is 5.32 Å². The number of rotatable bonds is 4. The van der Waals surface area contributed by atoms with E-state index in [0.29, 0.717) is 18.7 Å². The van der Waals surface area contributed by atoms with E-state index >= 15 is 0 Å². The fourth-order valence-electron chi connectivity index (χ4n) is 3.07. The molecule has 1 heterocycles. The number of nitrogens with zero attached hydrogens (tertiary/aromatic N) is 2. The molecule has 6 nitrogen and oxygen atoms in total. The summed E-state index contributed by atoms with van der Waals surface area (Å²) < 4.78 is 0.